The molecule has 0 spiro atoms. The van der Waals surface area contributed by atoms with Gasteiger partial charge in [-0.25, -0.2) is 0 Å². The van der Waals surface area contributed by atoms with Crippen LogP contribution < -0.4 is 16.4 Å². The molecule has 6 nitrogen and oxygen atoms in total. The number of aliphatic hydroxyl groups excluding tert-OH is 1. The van der Waals surface area contributed by atoms with E-state index in [1.807, 2.05) is 19.1 Å². The molecule has 1 unspecified atom stereocenters. The monoisotopic (exact) mass is 401 g/mol. The average Bonchev–Trinajstić information content (AvgIpc) is 2.75. The summed E-state index contributed by atoms with van der Waals surface area (Å²) in [7, 11) is 0. The Morgan fingerprint density at radius 2 is 2.00 bits per heavy atom. The molecular weight excluding hydrogens is 366 g/mol. The molecule has 0 aromatic heterocycles. The Kier molecular flexibility index (Phi) is 10.2. The van der Waals surface area contributed by atoms with Crippen molar-refractivity contribution in [1.29, 1.82) is 0 Å². The van der Waals surface area contributed by atoms with E-state index in [0.717, 1.165) is 24.7 Å². The molecule has 2 aromatic rings. The van der Waals surface area contributed by atoms with E-state index in [-0.39, 0.29) is 6.61 Å². The highest BCUT2D eigenvalue weighted by molar-refractivity contribution is 5.83. The van der Waals surface area contributed by atoms with E-state index in [4.69, 9.17) is 10.5 Å². The van der Waals surface area contributed by atoms with Crippen molar-refractivity contribution in [2.24, 2.45) is 5.73 Å². The molecule has 0 saturated heterocycles. The molecule has 0 saturated carbocycles. The van der Waals surface area contributed by atoms with Crippen LogP contribution in [0.5, 0.6) is 0 Å². The molecule has 0 aliphatic carbocycles. The molecule has 0 heterocycles. The molecule has 0 fully saturated rings. The highest BCUT2D eigenvalue weighted by atomic mass is 16.5. The third kappa shape index (κ3) is 7.84. The maximum absolute atomic E-state index is 12.1. The van der Waals surface area contributed by atoms with Gasteiger partial charge in [0.25, 0.3) is 0 Å². The number of hydrogen-bond acceptors (Lipinski definition) is 6. The number of hydrogen-bond donors (Lipinski definition) is 4. The topological polar surface area (TPSA) is 96.6 Å². The number of benzene rings is 2. The summed E-state index contributed by atoms with van der Waals surface area (Å²) in [5.74, 6) is 0. The van der Waals surface area contributed by atoms with Crippen molar-refractivity contribution < 1.29 is 14.6 Å². The van der Waals surface area contributed by atoms with Crippen molar-refractivity contribution in [3.63, 3.8) is 0 Å². The van der Waals surface area contributed by atoms with Crippen LogP contribution in [0.1, 0.15) is 31.7 Å². The number of unbranched alkanes of at least 4 members (excludes halogenated alkanes) is 1. The van der Waals surface area contributed by atoms with Gasteiger partial charge in [-0.3, -0.25) is 0 Å². The Balaban J connectivity index is 1.99. The number of rotatable bonds is 15. The molecule has 29 heavy (non-hydrogen) atoms. The van der Waals surface area contributed by atoms with Gasteiger partial charge in [-0.2, -0.15) is 0 Å². The van der Waals surface area contributed by atoms with E-state index >= 15 is 0 Å². The average molecular weight is 402 g/mol. The number of carbonyl (C=O) groups excluding carboxylic acids is 1. The first-order valence-corrected chi connectivity index (χ1v) is 10.5. The van der Waals surface area contributed by atoms with Gasteiger partial charge in [0.1, 0.15) is 6.29 Å². The molecular formula is C23H35N3O3. The van der Waals surface area contributed by atoms with Crippen molar-refractivity contribution in [3.8, 4) is 0 Å². The van der Waals surface area contributed by atoms with Gasteiger partial charge in [-0.15, -0.1) is 0 Å². The quantitative estimate of drug-likeness (QED) is 0.269. The Labute approximate surface area is 173 Å². The number of ether oxygens (including phenoxy) is 1. The van der Waals surface area contributed by atoms with E-state index in [1.165, 1.54) is 10.8 Å². The second-order valence-corrected chi connectivity index (χ2v) is 7.50. The van der Waals surface area contributed by atoms with E-state index in [1.54, 1.807) is 0 Å². The number of carbonyl (C=O) groups is 1. The minimum Gasteiger partial charge on any atom is -0.389 e. The number of nitrogens with one attached hydrogen (secondary N) is 2. The zero-order chi connectivity index (χ0) is 21.0. The van der Waals surface area contributed by atoms with Gasteiger partial charge < -0.3 is 31.0 Å². The molecule has 0 aliphatic rings. The van der Waals surface area contributed by atoms with Crippen molar-refractivity contribution in [3.05, 3.63) is 48.0 Å². The van der Waals surface area contributed by atoms with Crippen LogP contribution in [0.15, 0.2) is 42.5 Å². The van der Waals surface area contributed by atoms with Crippen LogP contribution in [0, 0.1) is 0 Å². The molecule has 2 aromatic carbocycles. The SMILES string of the molecule is CCOCC(O)CNC[C@@](C=O)(CCCCN)NCc1ccc2ccccc2c1. The van der Waals surface area contributed by atoms with Crippen LogP contribution in [-0.2, 0) is 16.1 Å². The third-order valence-corrected chi connectivity index (χ3v) is 5.10. The van der Waals surface area contributed by atoms with Crippen molar-refractivity contribution >= 4 is 17.1 Å². The summed E-state index contributed by atoms with van der Waals surface area (Å²) in [5, 5.41) is 19.0. The standard InChI is InChI=1S/C23H35N3O3/c1-2-29-16-22(28)15-25-17-23(18-27,11-5-6-12-24)26-14-19-9-10-20-7-3-4-8-21(20)13-19/h3-4,7-10,13,18,22,25-26,28H,2,5-6,11-12,14-17,24H2,1H3/t22?,23-/m1/s1. The first-order chi connectivity index (χ1) is 14.1. The zero-order valence-electron chi connectivity index (χ0n) is 17.4. The lowest BCUT2D eigenvalue weighted by molar-refractivity contribution is -0.113. The minimum atomic E-state index is -0.702. The van der Waals surface area contributed by atoms with Gasteiger partial charge in [0.15, 0.2) is 0 Å². The molecule has 2 rings (SSSR count). The van der Waals surface area contributed by atoms with Gasteiger partial charge in [-0.05, 0) is 55.1 Å². The molecule has 0 amide bonds. The Morgan fingerprint density at radius 1 is 1.21 bits per heavy atom. The van der Waals surface area contributed by atoms with Crippen LogP contribution in [0.2, 0.25) is 0 Å². The molecule has 0 aliphatic heterocycles. The number of aliphatic hydroxyl groups is 1. The van der Waals surface area contributed by atoms with Gasteiger partial charge in [0, 0.05) is 26.2 Å². The van der Waals surface area contributed by atoms with E-state index in [9.17, 15) is 9.90 Å². The zero-order valence-corrected chi connectivity index (χ0v) is 17.4. The molecule has 160 valence electrons. The smallest absolute Gasteiger partial charge is 0.141 e. The molecule has 6 heteroatoms. The summed E-state index contributed by atoms with van der Waals surface area (Å²) in [5.41, 5.74) is 6.06. The largest absolute Gasteiger partial charge is 0.389 e. The molecule has 0 radical (unpaired) electrons. The lowest BCUT2D eigenvalue weighted by Crippen LogP contribution is -2.54. The number of fused-ring (bicyclic) bond motifs is 1. The minimum absolute atomic E-state index is 0.287. The van der Waals surface area contributed by atoms with Gasteiger partial charge >= 0.3 is 0 Å². The summed E-state index contributed by atoms with van der Waals surface area (Å²) in [6.45, 7) is 4.78. The molecule has 5 N–H and O–H groups in total. The second-order valence-electron chi connectivity index (χ2n) is 7.50. The Morgan fingerprint density at radius 3 is 2.72 bits per heavy atom. The fourth-order valence-electron chi connectivity index (χ4n) is 3.37. The fourth-order valence-corrected chi connectivity index (χ4v) is 3.37. The fraction of sp³-hybridized carbons (Fsp3) is 0.522. The lowest BCUT2D eigenvalue weighted by atomic mass is 9.93. The van der Waals surface area contributed by atoms with Crippen LogP contribution >= 0.6 is 0 Å². The summed E-state index contributed by atoms with van der Waals surface area (Å²) in [6, 6.07) is 14.6. The van der Waals surface area contributed by atoms with Crippen LogP contribution in [0.25, 0.3) is 10.8 Å². The van der Waals surface area contributed by atoms with Crippen LogP contribution in [0.3, 0.4) is 0 Å². The first kappa shape index (κ1) is 23.4. The number of nitrogens with two attached hydrogens (primary N) is 1. The van der Waals surface area contributed by atoms with E-state index in [0.29, 0.717) is 39.2 Å². The highest BCUT2D eigenvalue weighted by Gasteiger charge is 2.28. The van der Waals surface area contributed by atoms with E-state index in [2.05, 4.69) is 41.0 Å². The lowest BCUT2D eigenvalue weighted by Gasteiger charge is -2.30. The summed E-state index contributed by atoms with van der Waals surface area (Å²) in [6.07, 6.45) is 2.83. The summed E-state index contributed by atoms with van der Waals surface area (Å²) < 4.78 is 5.24. The molecule has 0 bridgehead atoms. The maximum atomic E-state index is 12.1. The second kappa shape index (κ2) is 12.7. The summed E-state index contributed by atoms with van der Waals surface area (Å²) >= 11 is 0. The van der Waals surface area contributed by atoms with Crippen LogP contribution in [0.4, 0.5) is 0 Å². The Hall–Kier alpha value is -1.83. The van der Waals surface area contributed by atoms with Crippen molar-refractivity contribution in [1.82, 2.24) is 10.6 Å². The van der Waals surface area contributed by atoms with Crippen molar-refractivity contribution in [2.75, 3.05) is 32.8 Å². The van der Waals surface area contributed by atoms with Crippen LogP contribution in [-0.4, -0.2) is 55.9 Å². The van der Waals surface area contributed by atoms with Gasteiger partial charge in [-0.1, -0.05) is 36.4 Å². The number of aldehydes is 1. The maximum Gasteiger partial charge on any atom is 0.141 e. The normalized spacial score (nSPS) is 14.6. The van der Waals surface area contributed by atoms with Gasteiger partial charge in [0.05, 0.1) is 18.2 Å². The summed E-state index contributed by atoms with van der Waals surface area (Å²) in [4.78, 5) is 12.1. The van der Waals surface area contributed by atoms with Gasteiger partial charge in [0.2, 0.25) is 0 Å². The predicted molar refractivity (Wildman–Crippen MR) is 118 cm³/mol. The molecule has 2 atom stereocenters. The predicted octanol–water partition coefficient (Wildman–Crippen LogP) is 1.98. The van der Waals surface area contributed by atoms with E-state index < -0.39 is 11.6 Å². The first-order valence-electron chi connectivity index (χ1n) is 10.5. The highest BCUT2D eigenvalue weighted by Crippen LogP contribution is 2.17. The van der Waals surface area contributed by atoms with Crippen molar-refractivity contribution in [2.45, 2.75) is 44.4 Å². The Bertz CT molecular complexity index is 740. The third-order valence-electron chi connectivity index (χ3n) is 5.10.